The first kappa shape index (κ1) is 81.5. The quantitative estimate of drug-likeness (QED) is 0.0559. The molecule has 0 amide bonds. The Balaban J connectivity index is 0.000000151. The second-order valence-electron chi connectivity index (χ2n) is 34.5. The van der Waals surface area contributed by atoms with E-state index in [4.69, 9.17) is 0 Å². The van der Waals surface area contributed by atoms with E-state index in [9.17, 15) is 0 Å². The van der Waals surface area contributed by atoms with Crippen LogP contribution in [0.4, 0.5) is 34.1 Å². The van der Waals surface area contributed by atoms with Gasteiger partial charge in [-0.15, -0.1) is 0 Å². The highest BCUT2D eigenvalue weighted by atomic mass is 28.3. The average Bonchev–Trinajstić information content (AvgIpc) is 1.71. The monoisotopic (exact) mass is 1740 g/mol. The minimum absolute atomic E-state index is 1.09. The Kier molecular flexibility index (Phi) is 21.8. The summed E-state index contributed by atoms with van der Waals surface area (Å²) in [6.07, 6.45) is 0. The van der Waals surface area contributed by atoms with Gasteiger partial charge < -0.3 is 18.9 Å². The zero-order valence-electron chi connectivity index (χ0n) is 73.9. The van der Waals surface area contributed by atoms with Gasteiger partial charge >= 0.3 is 0 Å². The Labute approximate surface area is 784 Å². The molecule has 0 aliphatic rings. The molecule has 6 heteroatoms. The predicted molar refractivity (Wildman–Crippen MR) is 575 cm³/mol. The van der Waals surface area contributed by atoms with Crippen molar-refractivity contribution in [3.8, 4) is 55.9 Å². The van der Waals surface area contributed by atoms with Gasteiger partial charge in [0.2, 0.25) is 0 Å². The molecular formula is C128H92N4Si2. The number of aromatic nitrogens is 2. The Hall–Kier alpha value is -17.0. The number of fused-ring (bicyclic) bond motifs is 8. The molecule has 0 saturated carbocycles. The maximum Gasteiger partial charge on any atom is 0.179 e. The van der Waals surface area contributed by atoms with Crippen molar-refractivity contribution in [3.63, 3.8) is 0 Å². The smallest absolute Gasteiger partial charge is 0.179 e. The number of nitrogens with zero attached hydrogens (tertiary/aromatic N) is 4. The van der Waals surface area contributed by atoms with Gasteiger partial charge in [0.15, 0.2) is 16.1 Å². The van der Waals surface area contributed by atoms with E-state index in [1.54, 1.807) is 0 Å². The lowest BCUT2D eigenvalue weighted by Crippen LogP contribution is -2.74. The van der Waals surface area contributed by atoms with Crippen molar-refractivity contribution >= 4 is 157 Å². The van der Waals surface area contributed by atoms with Gasteiger partial charge in [-0.1, -0.05) is 431 Å². The minimum atomic E-state index is -2.71. The molecule has 0 unspecified atom stereocenters. The molecule has 0 saturated heterocycles. The molecule has 24 rings (SSSR count). The first-order valence-electron chi connectivity index (χ1n) is 46.2. The fourth-order valence-electron chi connectivity index (χ4n) is 21.0. The third-order valence-corrected chi connectivity index (χ3v) is 36.7. The van der Waals surface area contributed by atoms with Crippen LogP contribution < -0.4 is 51.3 Å². The van der Waals surface area contributed by atoms with Crippen molar-refractivity contribution in [2.45, 2.75) is 0 Å². The summed E-state index contributed by atoms with van der Waals surface area (Å²) >= 11 is 0. The molecule has 134 heavy (non-hydrogen) atoms. The SMILES string of the molecule is c1ccc(-n2c3ccccc3c3c(-c4ccc(N(c5ccc(-c6ccc7ccccc7c6)cc5)c5ccc([Si](c6ccccc6)(c6ccccc6)c6ccccc6)cc5)cc4)cccc32)cc1.c1ccc(-n2c3ccccc3c3c(-c4ccc(N(c5ccc(-c6cccc7ccccc67)cc5)c5ccc([Si](c6ccccc6)(c6ccccc6)c6ccccc6)cc5)cc4)cccc32)cc1. The molecule has 0 fully saturated rings. The van der Waals surface area contributed by atoms with Crippen molar-refractivity contribution in [2.24, 2.45) is 0 Å². The van der Waals surface area contributed by atoms with E-state index in [-0.39, 0.29) is 0 Å². The Morgan fingerprint density at radius 3 is 0.761 bits per heavy atom. The van der Waals surface area contributed by atoms with Gasteiger partial charge in [-0.3, -0.25) is 0 Å². The number of hydrogen-bond donors (Lipinski definition) is 0. The summed E-state index contributed by atoms with van der Waals surface area (Å²) in [5.74, 6) is 0. The summed E-state index contributed by atoms with van der Waals surface area (Å²) < 4.78 is 4.78. The van der Waals surface area contributed by atoms with E-state index in [2.05, 4.69) is 577 Å². The molecule has 22 aromatic carbocycles. The molecule has 0 atom stereocenters. The fraction of sp³-hybridized carbons (Fsp3) is 0. The fourth-order valence-corrected chi connectivity index (χ4v) is 30.5. The topological polar surface area (TPSA) is 16.3 Å². The van der Waals surface area contributed by atoms with Gasteiger partial charge in [-0.05, 0) is 235 Å². The van der Waals surface area contributed by atoms with Gasteiger partial charge in [-0.2, -0.15) is 0 Å². The van der Waals surface area contributed by atoms with Gasteiger partial charge in [0.05, 0.1) is 22.1 Å². The second-order valence-corrected chi connectivity index (χ2v) is 42.1. The van der Waals surface area contributed by atoms with Gasteiger partial charge in [0.25, 0.3) is 0 Å². The summed E-state index contributed by atoms with van der Waals surface area (Å²) in [6, 6.07) is 205. The van der Waals surface area contributed by atoms with Crippen LogP contribution in [0.15, 0.2) is 558 Å². The number of benzene rings is 22. The third kappa shape index (κ3) is 14.8. The molecule has 2 aromatic heterocycles. The lowest BCUT2D eigenvalue weighted by molar-refractivity contribution is 1.18. The van der Waals surface area contributed by atoms with E-state index >= 15 is 0 Å². The first-order chi connectivity index (χ1) is 66.5. The number of hydrogen-bond acceptors (Lipinski definition) is 2. The van der Waals surface area contributed by atoms with E-state index in [1.165, 1.54) is 151 Å². The maximum atomic E-state index is 2.40. The Morgan fingerprint density at radius 1 is 0.149 bits per heavy atom. The third-order valence-electron chi connectivity index (χ3n) is 27.1. The van der Waals surface area contributed by atoms with Crippen LogP contribution in [-0.2, 0) is 0 Å². The van der Waals surface area contributed by atoms with Gasteiger partial charge in [0, 0.05) is 67.0 Å². The largest absolute Gasteiger partial charge is 0.311 e. The number of para-hydroxylation sites is 4. The van der Waals surface area contributed by atoms with Crippen LogP contribution in [0.3, 0.4) is 0 Å². The van der Waals surface area contributed by atoms with Crippen molar-refractivity contribution in [3.05, 3.63) is 558 Å². The molecule has 0 radical (unpaired) electrons. The van der Waals surface area contributed by atoms with E-state index in [0.29, 0.717) is 0 Å². The van der Waals surface area contributed by atoms with E-state index in [1.807, 2.05) is 0 Å². The summed E-state index contributed by atoms with van der Waals surface area (Å²) in [5.41, 5.74) is 23.3. The number of anilines is 6. The van der Waals surface area contributed by atoms with Gasteiger partial charge in [0.1, 0.15) is 0 Å². The van der Waals surface area contributed by atoms with Crippen LogP contribution in [0, 0.1) is 0 Å². The van der Waals surface area contributed by atoms with Crippen molar-refractivity contribution in [1.82, 2.24) is 9.13 Å². The standard InChI is InChI=1S/2C64H46N2Si/c1-5-21-50(22-6-1)66-62-33-16-15-30-61(62)64-60(32-18-34-63(64)66)49-37-41-52(42-38-49)65(51-39-35-48(36-40-51)59-31-17-20-47-19-13-14-29-58(47)59)53-43-45-57(46-44-53)67(54-23-7-2-8-24-54,55-25-9-3-10-26-55)56-27-11-4-12-28-56;1-5-20-52(21-6-1)66-62-30-16-15-28-61(62)64-60(29-17-31-63(64)66)49-36-40-54(41-37-49)65(53-38-34-48(35-39-53)51-33-32-47-18-13-14-19-50(47)46-51)55-42-44-59(45-43-55)67(56-22-7-2-8-23-56,57-24-9-3-10-25-57)58-26-11-4-12-27-58/h2*1-46H. The van der Waals surface area contributed by atoms with Crippen LogP contribution in [0.1, 0.15) is 0 Å². The minimum Gasteiger partial charge on any atom is -0.311 e. The molecule has 0 aliphatic heterocycles. The Bertz CT molecular complexity index is 8070. The number of rotatable bonds is 20. The molecule has 4 nitrogen and oxygen atoms in total. The molecule has 0 aliphatic carbocycles. The lowest BCUT2D eigenvalue weighted by atomic mass is 9.98. The van der Waals surface area contributed by atoms with Crippen molar-refractivity contribution in [1.29, 1.82) is 0 Å². The van der Waals surface area contributed by atoms with Crippen LogP contribution in [0.25, 0.3) is 121 Å². The summed E-state index contributed by atoms with van der Waals surface area (Å²) in [6.45, 7) is 0. The highest BCUT2D eigenvalue weighted by Gasteiger charge is 2.43. The van der Waals surface area contributed by atoms with Crippen LogP contribution in [0.5, 0.6) is 0 Å². The van der Waals surface area contributed by atoms with Gasteiger partial charge in [-0.25, -0.2) is 0 Å². The zero-order valence-corrected chi connectivity index (χ0v) is 75.9. The summed E-state index contributed by atoms with van der Waals surface area (Å²) in [5, 5.41) is 20.8. The van der Waals surface area contributed by atoms with Crippen molar-refractivity contribution < 1.29 is 0 Å². The highest BCUT2D eigenvalue weighted by molar-refractivity contribution is 7.20. The molecule has 0 N–H and O–H groups in total. The molecule has 0 spiro atoms. The first-order valence-corrected chi connectivity index (χ1v) is 50.2. The van der Waals surface area contributed by atoms with Crippen LogP contribution in [0.2, 0.25) is 0 Å². The molecule has 632 valence electrons. The van der Waals surface area contributed by atoms with Crippen molar-refractivity contribution in [2.75, 3.05) is 9.80 Å². The zero-order chi connectivity index (χ0) is 89.1. The summed E-state index contributed by atoms with van der Waals surface area (Å²) in [4.78, 5) is 4.80. The van der Waals surface area contributed by atoms with Crippen LogP contribution >= 0.6 is 0 Å². The normalized spacial score (nSPS) is 11.6. The highest BCUT2D eigenvalue weighted by Crippen LogP contribution is 2.45. The van der Waals surface area contributed by atoms with Crippen LogP contribution in [-0.4, -0.2) is 25.3 Å². The predicted octanol–water partition coefficient (Wildman–Crippen LogP) is 28.2. The summed E-state index contributed by atoms with van der Waals surface area (Å²) in [7, 11) is -5.42. The Morgan fingerprint density at radius 2 is 0.396 bits per heavy atom. The average molecular weight is 1740 g/mol. The molecule has 24 aromatic rings. The molecule has 0 bridgehead atoms. The lowest BCUT2D eigenvalue weighted by Gasteiger charge is -2.35. The molecule has 2 heterocycles. The molecular weight excluding hydrogens is 1650 g/mol. The maximum absolute atomic E-state index is 2.71. The second kappa shape index (κ2) is 35.8. The van der Waals surface area contributed by atoms with E-state index in [0.717, 1.165) is 45.5 Å². The van der Waals surface area contributed by atoms with E-state index < -0.39 is 16.1 Å².